The van der Waals surface area contributed by atoms with Crippen molar-refractivity contribution in [1.82, 2.24) is 14.8 Å². The molecule has 11 heavy (non-hydrogen) atoms. The summed E-state index contributed by atoms with van der Waals surface area (Å²) in [4.78, 5) is 4.21. The molecular weight excluding hydrogens is 158 g/mol. The average Bonchev–Trinajstić information content (AvgIpc) is 2.65. The van der Waals surface area contributed by atoms with E-state index in [-0.39, 0.29) is 0 Å². The lowest BCUT2D eigenvalue weighted by Crippen LogP contribution is -1.93. The summed E-state index contributed by atoms with van der Waals surface area (Å²) in [5.41, 5.74) is 0. The maximum atomic E-state index is 4.97. The Balaban J connectivity index is 2.17. The van der Waals surface area contributed by atoms with Crippen LogP contribution in [0.3, 0.4) is 0 Å². The number of nitrogens with zero attached hydrogens (tertiary/aromatic N) is 2. The van der Waals surface area contributed by atoms with Gasteiger partial charge in [-0.2, -0.15) is 0 Å². The van der Waals surface area contributed by atoms with Crippen LogP contribution in [0.5, 0.6) is 0 Å². The Hall–Kier alpha value is -0.640. The Morgan fingerprint density at radius 1 is 1.73 bits per heavy atom. The van der Waals surface area contributed by atoms with Gasteiger partial charge in [0.2, 0.25) is 4.77 Å². The fourth-order valence-electron chi connectivity index (χ4n) is 1.14. The third-order valence-electron chi connectivity index (χ3n) is 1.99. The van der Waals surface area contributed by atoms with E-state index < -0.39 is 0 Å². The van der Waals surface area contributed by atoms with Gasteiger partial charge in [-0.05, 0) is 31.0 Å². The molecule has 0 saturated heterocycles. The van der Waals surface area contributed by atoms with E-state index in [2.05, 4.69) is 10.1 Å². The van der Waals surface area contributed by atoms with Crippen LogP contribution in [0.4, 0.5) is 0 Å². The molecule has 60 valence electrons. The second-order valence-corrected chi connectivity index (χ2v) is 3.52. The fourth-order valence-corrected chi connectivity index (χ4v) is 1.30. The number of hydrogen-bond donors (Lipinski definition) is 1. The zero-order valence-corrected chi connectivity index (χ0v) is 7.32. The summed E-state index contributed by atoms with van der Waals surface area (Å²) in [6.45, 7) is 0. The number of aromatic amines is 1. The first-order valence-electron chi connectivity index (χ1n) is 3.87. The van der Waals surface area contributed by atoms with Crippen LogP contribution in [0.15, 0.2) is 0 Å². The summed E-state index contributed by atoms with van der Waals surface area (Å²) in [6, 6.07) is 0. The van der Waals surface area contributed by atoms with E-state index in [4.69, 9.17) is 12.2 Å². The van der Waals surface area contributed by atoms with E-state index in [1.807, 2.05) is 7.05 Å². The van der Waals surface area contributed by atoms with Crippen LogP contribution < -0.4 is 0 Å². The van der Waals surface area contributed by atoms with Gasteiger partial charge in [-0.3, -0.25) is 9.78 Å². The number of hydrogen-bond acceptors (Lipinski definition) is 2. The lowest BCUT2D eigenvalue weighted by atomic mass is 10.3. The molecule has 1 heterocycles. The topological polar surface area (TPSA) is 33.6 Å². The second kappa shape index (κ2) is 2.44. The lowest BCUT2D eigenvalue weighted by Gasteiger charge is -1.90. The zero-order valence-electron chi connectivity index (χ0n) is 6.50. The molecule has 1 aliphatic carbocycles. The molecule has 0 unspecified atom stereocenters. The minimum absolute atomic E-state index is 0.653. The largest absolute Gasteiger partial charge is 0.283 e. The molecule has 1 fully saturated rings. The number of aryl methyl sites for hydroxylation is 1. The molecule has 1 N–H and O–H groups in total. The van der Waals surface area contributed by atoms with Crippen LogP contribution in [0, 0.1) is 10.7 Å². The molecule has 1 aromatic heterocycles. The van der Waals surface area contributed by atoms with E-state index in [0.29, 0.717) is 4.77 Å². The molecule has 0 aliphatic heterocycles. The Morgan fingerprint density at radius 2 is 2.45 bits per heavy atom. The monoisotopic (exact) mass is 169 g/mol. The van der Waals surface area contributed by atoms with Crippen molar-refractivity contribution in [3.05, 3.63) is 10.6 Å². The van der Waals surface area contributed by atoms with Gasteiger partial charge in [0, 0.05) is 13.5 Å². The molecule has 0 bridgehead atoms. The lowest BCUT2D eigenvalue weighted by molar-refractivity contribution is 0.709. The van der Waals surface area contributed by atoms with E-state index >= 15 is 0 Å². The quantitative estimate of drug-likeness (QED) is 0.679. The summed E-state index contributed by atoms with van der Waals surface area (Å²) >= 11 is 4.97. The van der Waals surface area contributed by atoms with Gasteiger partial charge in [0.05, 0.1) is 0 Å². The van der Waals surface area contributed by atoms with Crippen LogP contribution in [0.1, 0.15) is 18.7 Å². The predicted molar refractivity (Wildman–Crippen MR) is 44.8 cm³/mol. The van der Waals surface area contributed by atoms with Crippen LogP contribution in [-0.2, 0) is 13.5 Å². The molecule has 0 radical (unpaired) electrons. The first-order chi connectivity index (χ1) is 5.25. The highest BCUT2D eigenvalue weighted by Gasteiger charge is 2.22. The molecule has 0 spiro atoms. The number of nitrogens with one attached hydrogen (secondary N) is 1. The van der Waals surface area contributed by atoms with Crippen molar-refractivity contribution in [2.24, 2.45) is 13.0 Å². The van der Waals surface area contributed by atoms with E-state index in [1.165, 1.54) is 12.8 Å². The molecule has 0 amide bonds. The molecule has 1 saturated carbocycles. The van der Waals surface area contributed by atoms with Crippen LogP contribution in [0.2, 0.25) is 0 Å². The number of H-pyrrole nitrogens is 1. The van der Waals surface area contributed by atoms with Gasteiger partial charge < -0.3 is 0 Å². The summed E-state index contributed by atoms with van der Waals surface area (Å²) in [5.74, 6) is 1.91. The van der Waals surface area contributed by atoms with Gasteiger partial charge in [0.1, 0.15) is 5.82 Å². The maximum Gasteiger partial charge on any atom is 0.215 e. The summed E-state index contributed by atoms with van der Waals surface area (Å²) in [5, 5.41) is 3.12. The van der Waals surface area contributed by atoms with Gasteiger partial charge in [-0.25, -0.2) is 4.98 Å². The number of aromatic nitrogens is 3. The Bertz CT molecular complexity index is 308. The highest BCUT2D eigenvalue weighted by atomic mass is 32.1. The summed E-state index contributed by atoms with van der Waals surface area (Å²) in [7, 11) is 1.89. The van der Waals surface area contributed by atoms with Gasteiger partial charge >= 0.3 is 0 Å². The normalized spacial score (nSPS) is 17.2. The zero-order chi connectivity index (χ0) is 7.84. The van der Waals surface area contributed by atoms with Crippen molar-refractivity contribution < 1.29 is 0 Å². The average molecular weight is 169 g/mol. The Kier molecular flexibility index (Phi) is 1.56. The highest BCUT2D eigenvalue weighted by Crippen LogP contribution is 2.31. The van der Waals surface area contributed by atoms with Crippen molar-refractivity contribution in [2.45, 2.75) is 19.3 Å². The second-order valence-electron chi connectivity index (χ2n) is 3.16. The maximum absolute atomic E-state index is 4.97. The Labute approximate surface area is 70.4 Å². The predicted octanol–water partition coefficient (Wildman–Crippen LogP) is 1.43. The Morgan fingerprint density at radius 3 is 2.91 bits per heavy atom. The van der Waals surface area contributed by atoms with Crippen LogP contribution in [-0.4, -0.2) is 14.8 Å². The van der Waals surface area contributed by atoms with Crippen molar-refractivity contribution in [3.63, 3.8) is 0 Å². The fraction of sp³-hybridized carbons (Fsp3) is 0.714. The first-order valence-corrected chi connectivity index (χ1v) is 4.28. The van der Waals surface area contributed by atoms with Crippen LogP contribution >= 0.6 is 12.2 Å². The summed E-state index contributed by atoms with van der Waals surface area (Å²) in [6.07, 6.45) is 3.79. The van der Waals surface area contributed by atoms with Crippen molar-refractivity contribution in [2.75, 3.05) is 0 Å². The standard InChI is InChI=1S/C7H11N3S/c1-10-7(11)8-6(9-10)4-5-2-3-5/h5H,2-4H2,1H3,(H,8,9,11). The van der Waals surface area contributed by atoms with Gasteiger partial charge in [0.15, 0.2) is 0 Å². The van der Waals surface area contributed by atoms with E-state index in [0.717, 1.165) is 18.2 Å². The third kappa shape index (κ3) is 1.50. The molecule has 2 rings (SSSR count). The van der Waals surface area contributed by atoms with Crippen molar-refractivity contribution in [3.8, 4) is 0 Å². The van der Waals surface area contributed by atoms with E-state index in [1.54, 1.807) is 4.68 Å². The molecular formula is C7H11N3S. The van der Waals surface area contributed by atoms with Crippen LogP contribution in [0.25, 0.3) is 0 Å². The van der Waals surface area contributed by atoms with Crippen molar-refractivity contribution in [1.29, 1.82) is 0 Å². The molecule has 0 atom stereocenters. The molecule has 4 heteroatoms. The highest BCUT2D eigenvalue weighted by molar-refractivity contribution is 7.71. The smallest absolute Gasteiger partial charge is 0.215 e. The number of rotatable bonds is 2. The SMILES string of the molecule is Cn1[nH]c(CC2CC2)nc1=S. The van der Waals surface area contributed by atoms with E-state index in [9.17, 15) is 0 Å². The third-order valence-corrected chi connectivity index (χ3v) is 2.36. The first kappa shape index (κ1) is 7.03. The molecule has 1 aromatic rings. The van der Waals surface area contributed by atoms with Gasteiger partial charge in [0.25, 0.3) is 0 Å². The van der Waals surface area contributed by atoms with Gasteiger partial charge in [-0.1, -0.05) is 0 Å². The van der Waals surface area contributed by atoms with Gasteiger partial charge in [-0.15, -0.1) is 0 Å². The minimum atomic E-state index is 0.653. The molecule has 0 aromatic carbocycles. The minimum Gasteiger partial charge on any atom is -0.283 e. The molecule has 1 aliphatic rings. The summed E-state index contributed by atoms with van der Waals surface area (Å²) < 4.78 is 2.44. The van der Waals surface area contributed by atoms with Crippen molar-refractivity contribution >= 4 is 12.2 Å². The molecule has 3 nitrogen and oxygen atoms in total.